The molecule has 2 aromatic rings. The van der Waals surface area contributed by atoms with Crippen LogP contribution in [0.25, 0.3) is 11.0 Å². The first-order chi connectivity index (χ1) is 18.2. The second kappa shape index (κ2) is 11.8. The van der Waals surface area contributed by atoms with Gasteiger partial charge in [0.05, 0.1) is 12.6 Å². The zero-order valence-electron chi connectivity index (χ0n) is 21.2. The van der Waals surface area contributed by atoms with Crippen molar-refractivity contribution in [3.05, 3.63) is 30.0 Å². The number of primary amides is 1. The Bertz CT molecular complexity index is 1300. The number of benzene rings is 1. The highest BCUT2D eigenvalue weighted by atomic mass is 16.3. The van der Waals surface area contributed by atoms with E-state index in [0.29, 0.717) is 50.2 Å². The largest absolute Gasteiger partial charge is 0.461 e. The zero-order chi connectivity index (χ0) is 27.2. The summed E-state index contributed by atoms with van der Waals surface area (Å²) in [6, 6.07) is 6.85. The van der Waals surface area contributed by atoms with Gasteiger partial charge in [-0.2, -0.15) is 5.26 Å². The van der Waals surface area contributed by atoms with Crippen LogP contribution in [-0.4, -0.2) is 71.6 Å². The van der Waals surface area contributed by atoms with Gasteiger partial charge in [-0.25, -0.2) is 4.79 Å². The number of amidine groups is 1. The lowest BCUT2D eigenvalue weighted by molar-refractivity contribution is -0.140. The van der Waals surface area contributed by atoms with Crippen LogP contribution in [-0.2, 0) is 14.4 Å². The first-order valence-corrected chi connectivity index (χ1v) is 12.7. The number of imide groups is 1. The number of rotatable bonds is 6. The fourth-order valence-electron chi connectivity index (χ4n) is 4.78. The molecule has 4 rings (SSSR count). The number of aryl methyl sites for hydroxylation is 1. The number of aliphatic imine (C=N–C) groups is 1. The molecule has 12 nitrogen and oxygen atoms in total. The topological polar surface area (TPSA) is 174 Å². The van der Waals surface area contributed by atoms with Gasteiger partial charge in [0.1, 0.15) is 23.2 Å². The van der Waals surface area contributed by atoms with E-state index in [1.54, 1.807) is 23.1 Å². The maximum atomic E-state index is 13.5. The molecule has 1 aromatic heterocycles. The number of carbonyl (C=O) groups is 4. The second-order valence-corrected chi connectivity index (χ2v) is 9.52. The number of urea groups is 1. The number of hydrogen-bond acceptors (Lipinski definition) is 7. The van der Waals surface area contributed by atoms with E-state index < -0.39 is 23.9 Å². The quantitative estimate of drug-likeness (QED) is 0.384. The van der Waals surface area contributed by atoms with E-state index in [0.717, 1.165) is 24.0 Å². The molecule has 1 aromatic carbocycles. The van der Waals surface area contributed by atoms with E-state index in [2.05, 4.69) is 10.3 Å². The number of nitriles is 1. The van der Waals surface area contributed by atoms with E-state index in [-0.39, 0.29) is 24.2 Å². The summed E-state index contributed by atoms with van der Waals surface area (Å²) < 4.78 is 5.60. The van der Waals surface area contributed by atoms with Crippen molar-refractivity contribution in [3.63, 3.8) is 0 Å². The minimum atomic E-state index is -1.54. The Hall–Kier alpha value is -4.40. The van der Waals surface area contributed by atoms with Crippen LogP contribution in [0.4, 0.5) is 10.5 Å². The molecule has 4 N–H and O–H groups in total. The molecule has 5 amide bonds. The Kier molecular flexibility index (Phi) is 8.25. The number of amides is 5. The lowest BCUT2D eigenvalue weighted by atomic mass is 10.1. The molecule has 2 fully saturated rings. The van der Waals surface area contributed by atoms with Crippen molar-refractivity contribution < 1.29 is 23.6 Å². The third-order valence-corrected chi connectivity index (χ3v) is 6.66. The second-order valence-electron chi connectivity index (χ2n) is 9.52. The molecule has 0 bridgehead atoms. The summed E-state index contributed by atoms with van der Waals surface area (Å²) >= 11 is 0. The minimum Gasteiger partial charge on any atom is -0.461 e. The summed E-state index contributed by atoms with van der Waals surface area (Å²) in [5, 5.41) is 15.5. The molecule has 200 valence electrons. The van der Waals surface area contributed by atoms with Crippen LogP contribution < -0.4 is 16.4 Å². The van der Waals surface area contributed by atoms with E-state index in [4.69, 9.17) is 10.2 Å². The standard InChI is InChI=1S/C26H31N7O5/c1-16-12-17-13-18(7-8-21(17)38-16)29-23(19(14-27)24(35)31-26(28)37)30-20-6-2-3-11-33(25(20)36)15-22(34)32-9-4-5-10-32/h7-8,12-13,19-20H,2-6,9-11,15H2,1H3,(H,29,30)(H3,28,31,35,37)/t19?,20-/m0/s1. The van der Waals surface area contributed by atoms with Gasteiger partial charge in [-0.05, 0) is 63.3 Å². The smallest absolute Gasteiger partial charge is 0.318 e. The van der Waals surface area contributed by atoms with Crippen LogP contribution in [0.1, 0.15) is 37.9 Å². The summed E-state index contributed by atoms with van der Waals surface area (Å²) in [5.41, 5.74) is 6.26. The van der Waals surface area contributed by atoms with Crippen molar-refractivity contribution >= 4 is 46.2 Å². The van der Waals surface area contributed by atoms with Gasteiger partial charge in [0.25, 0.3) is 5.91 Å². The first-order valence-electron chi connectivity index (χ1n) is 12.7. The van der Waals surface area contributed by atoms with E-state index in [1.807, 2.05) is 24.4 Å². The third-order valence-electron chi connectivity index (χ3n) is 6.66. The Balaban J connectivity index is 1.63. The molecule has 2 atom stereocenters. The van der Waals surface area contributed by atoms with E-state index >= 15 is 0 Å². The monoisotopic (exact) mass is 521 g/mol. The van der Waals surface area contributed by atoms with Crippen molar-refractivity contribution in [1.82, 2.24) is 15.1 Å². The summed E-state index contributed by atoms with van der Waals surface area (Å²) in [6.07, 6.45) is 3.66. The molecule has 0 radical (unpaired) electrons. The number of furan rings is 1. The highest BCUT2D eigenvalue weighted by Crippen LogP contribution is 2.24. The van der Waals surface area contributed by atoms with Crippen LogP contribution in [0, 0.1) is 24.2 Å². The highest BCUT2D eigenvalue weighted by Gasteiger charge is 2.33. The lowest BCUT2D eigenvalue weighted by Crippen LogP contribution is -2.46. The number of nitrogens with one attached hydrogen (secondary N) is 2. The van der Waals surface area contributed by atoms with Crippen molar-refractivity contribution in [1.29, 1.82) is 5.26 Å². The lowest BCUT2D eigenvalue weighted by Gasteiger charge is -2.25. The Labute approximate surface area is 219 Å². The number of nitrogens with zero attached hydrogens (tertiary/aromatic N) is 4. The predicted octanol–water partition coefficient (Wildman–Crippen LogP) is 1.89. The van der Waals surface area contributed by atoms with Crippen LogP contribution in [0.3, 0.4) is 0 Å². The number of hydrogen-bond donors (Lipinski definition) is 3. The Morgan fingerprint density at radius 1 is 1.18 bits per heavy atom. The van der Waals surface area contributed by atoms with Crippen LogP contribution in [0.15, 0.2) is 33.7 Å². The Morgan fingerprint density at radius 3 is 2.63 bits per heavy atom. The molecular weight excluding hydrogens is 490 g/mol. The number of fused-ring (bicyclic) bond motifs is 1. The summed E-state index contributed by atoms with van der Waals surface area (Å²) in [6.45, 7) is 3.59. The van der Waals surface area contributed by atoms with Crippen molar-refractivity contribution in [3.8, 4) is 6.07 Å². The van der Waals surface area contributed by atoms with Gasteiger partial charge in [-0.15, -0.1) is 0 Å². The van der Waals surface area contributed by atoms with Crippen LogP contribution >= 0.6 is 0 Å². The molecular formula is C26H31N7O5. The molecule has 1 unspecified atom stereocenters. The molecule has 0 saturated carbocycles. The average molecular weight is 522 g/mol. The number of anilines is 1. The van der Waals surface area contributed by atoms with Gasteiger partial charge in [-0.1, -0.05) is 0 Å². The molecule has 2 aliphatic heterocycles. The summed E-state index contributed by atoms with van der Waals surface area (Å²) in [4.78, 5) is 58.0. The molecule has 0 aliphatic carbocycles. The predicted molar refractivity (Wildman–Crippen MR) is 139 cm³/mol. The van der Waals surface area contributed by atoms with Gasteiger partial charge in [0, 0.05) is 30.7 Å². The molecule has 38 heavy (non-hydrogen) atoms. The van der Waals surface area contributed by atoms with Crippen molar-refractivity contribution in [2.45, 2.75) is 45.1 Å². The maximum Gasteiger partial charge on any atom is 0.318 e. The summed E-state index contributed by atoms with van der Waals surface area (Å²) in [7, 11) is 0. The normalized spacial score (nSPS) is 19.1. The van der Waals surface area contributed by atoms with Crippen LogP contribution in [0.5, 0.6) is 0 Å². The van der Waals surface area contributed by atoms with Gasteiger partial charge < -0.3 is 25.3 Å². The molecule has 0 spiro atoms. The highest BCUT2D eigenvalue weighted by molar-refractivity contribution is 6.15. The minimum absolute atomic E-state index is 0.0338. The van der Waals surface area contributed by atoms with Crippen molar-refractivity contribution in [2.75, 3.05) is 31.5 Å². The fraction of sp³-hybridized carbons (Fsp3) is 0.462. The molecule has 2 aliphatic rings. The maximum absolute atomic E-state index is 13.5. The van der Waals surface area contributed by atoms with Crippen LogP contribution in [0.2, 0.25) is 0 Å². The van der Waals surface area contributed by atoms with Gasteiger partial charge in [0.15, 0.2) is 5.92 Å². The molecule has 12 heteroatoms. The number of carbonyl (C=O) groups excluding carboxylic acids is 4. The fourth-order valence-corrected chi connectivity index (χ4v) is 4.78. The van der Waals surface area contributed by atoms with E-state index in [1.165, 1.54) is 4.90 Å². The van der Waals surface area contributed by atoms with Gasteiger partial charge in [0.2, 0.25) is 11.8 Å². The van der Waals surface area contributed by atoms with Gasteiger partial charge >= 0.3 is 6.03 Å². The molecule has 3 heterocycles. The third kappa shape index (κ3) is 6.29. The number of nitrogens with two attached hydrogens (primary N) is 1. The molecule has 2 saturated heterocycles. The number of likely N-dealkylation sites (tertiary alicyclic amines) is 2. The first kappa shape index (κ1) is 26.7. The SMILES string of the molecule is Cc1cc2cc(NC(=N[C@H]3CCCCN(CC(=O)N4CCCC4)C3=O)C(C#N)C(=O)NC(N)=O)ccc2o1. The zero-order valence-corrected chi connectivity index (χ0v) is 21.2. The van der Waals surface area contributed by atoms with E-state index in [9.17, 15) is 24.4 Å². The van der Waals surface area contributed by atoms with Crippen molar-refractivity contribution in [2.24, 2.45) is 16.6 Å². The van der Waals surface area contributed by atoms with Gasteiger partial charge in [-0.3, -0.25) is 24.7 Å². The summed E-state index contributed by atoms with van der Waals surface area (Å²) in [5.74, 6) is -2.33. The Morgan fingerprint density at radius 2 is 1.92 bits per heavy atom. The average Bonchev–Trinajstić information content (AvgIpc) is 3.50.